The third-order valence-corrected chi connectivity index (χ3v) is 10.8. The van der Waals surface area contributed by atoms with Crippen molar-refractivity contribution < 1.29 is 43.3 Å². The van der Waals surface area contributed by atoms with Gasteiger partial charge in [0.05, 0.1) is 12.7 Å². The molecule has 2 amide bonds. The summed E-state index contributed by atoms with van der Waals surface area (Å²) < 4.78 is 27.4. The maximum absolute atomic E-state index is 17.3. The number of allylic oxidation sites excluding steroid dienone is 4. The van der Waals surface area contributed by atoms with Crippen LogP contribution in [0.5, 0.6) is 0 Å². The highest BCUT2D eigenvalue weighted by molar-refractivity contribution is 6.01. The van der Waals surface area contributed by atoms with Gasteiger partial charge in [-0.1, -0.05) is 31.9 Å². The van der Waals surface area contributed by atoms with Gasteiger partial charge in [0.25, 0.3) is 0 Å². The molecule has 0 aliphatic heterocycles. The zero-order chi connectivity index (χ0) is 30.9. The molecular formula is C31H45FN2O8. The lowest BCUT2D eigenvalue weighted by Gasteiger charge is -2.62. The minimum atomic E-state index is -2.06. The number of amides is 2. The van der Waals surface area contributed by atoms with E-state index in [2.05, 4.69) is 10.6 Å². The zero-order valence-electron chi connectivity index (χ0n) is 25.0. The second kappa shape index (κ2) is 12.1. The molecule has 42 heavy (non-hydrogen) atoms. The van der Waals surface area contributed by atoms with Gasteiger partial charge in [-0.05, 0) is 75.9 Å². The number of aliphatic hydroxyl groups is 2. The van der Waals surface area contributed by atoms with Gasteiger partial charge in [-0.15, -0.1) is 0 Å². The van der Waals surface area contributed by atoms with E-state index in [1.54, 1.807) is 26.8 Å². The molecule has 0 bridgehead atoms. The van der Waals surface area contributed by atoms with E-state index in [4.69, 9.17) is 9.47 Å². The summed E-state index contributed by atoms with van der Waals surface area (Å²) in [6.07, 6.45) is 5.83. The Morgan fingerprint density at radius 1 is 1.10 bits per heavy atom. The molecular weight excluding hydrogens is 547 g/mol. The number of ketones is 2. The normalized spacial score (nSPS) is 38.5. The van der Waals surface area contributed by atoms with Crippen molar-refractivity contribution in [2.75, 3.05) is 26.8 Å². The second-order valence-corrected chi connectivity index (χ2v) is 12.9. The van der Waals surface area contributed by atoms with Gasteiger partial charge in [-0.3, -0.25) is 9.59 Å². The number of hydrogen-bond donors (Lipinski definition) is 4. The average molecular weight is 593 g/mol. The SMILES string of the molecule is CNC(=O)OCCCCCCNC(=O)OCC(=O)[C@@]1(O)[C@H](C)CC2C3CCC4=CC(=O)C=CC4(C)[C@@]3(F)C(O)CC21C. The highest BCUT2D eigenvalue weighted by Gasteiger charge is 2.75. The molecule has 5 unspecified atom stereocenters. The van der Waals surface area contributed by atoms with Gasteiger partial charge >= 0.3 is 12.2 Å². The molecule has 0 spiro atoms. The fourth-order valence-electron chi connectivity index (χ4n) is 8.44. The van der Waals surface area contributed by atoms with Crippen molar-refractivity contribution in [3.63, 3.8) is 0 Å². The maximum atomic E-state index is 17.3. The lowest BCUT2D eigenvalue weighted by atomic mass is 9.44. The Labute approximate surface area is 246 Å². The summed E-state index contributed by atoms with van der Waals surface area (Å²) >= 11 is 0. The Balaban J connectivity index is 1.35. The molecule has 8 atom stereocenters. The topological polar surface area (TPSA) is 151 Å². The number of rotatable bonds is 10. The first-order chi connectivity index (χ1) is 19.8. The molecule has 3 saturated carbocycles. The van der Waals surface area contributed by atoms with Crippen molar-refractivity contribution in [1.82, 2.24) is 10.6 Å². The summed E-state index contributed by atoms with van der Waals surface area (Å²) in [6.45, 7) is 5.24. The highest BCUT2D eigenvalue weighted by Crippen LogP contribution is 2.70. The summed E-state index contributed by atoms with van der Waals surface area (Å²) in [5.41, 5.74) is -5.58. The van der Waals surface area contributed by atoms with E-state index in [0.717, 1.165) is 12.8 Å². The number of fused-ring (bicyclic) bond motifs is 5. The van der Waals surface area contributed by atoms with Gasteiger partial charge < -0.3 is 30.3 Å². The number of carbonyl (C=O) groups excluding carboxylic acids is 4. The van der Waals surface area contributed by atoms with Crippen molar-refractivity contribution >= 4 is 23.8 Å². The predicted octanol–water partition coefficient (Wildman–Crippen LogP) is 3.55. The number of nitrogens with one attached hydrogen (secondary N) is 2. The Morgan fingerprint density at radius 2 is 1.81 bits per heavy atom. The van der Waals surface area contributed by atoms with Crippen LogP contribution in [0.2, 0.25) is 0 Å². The van der Waals surface area contributed by atoms with E-state index >= 15 is 4.39 Å². The van der Waals surface area contributed by atoms with E-state index in [9.17, 15) is 29.4 Å². The number of alkyl carbamates (subject to hydrolysis) is 2. The third kappa shape index (κ3) is 5.16. The molecule has 4 N–H and O–H groups in total. The van der Waals surface area contributed by atoms with Crippen LogP contribution in [-0.4, -0.2) is 78.1 Å². The van der Waals surface area contributed by atoms with Gasteiger partial charge in [-0.25, -0.2) is 14.0 Å². The van der Waals surface area contributed by atoms with Crippen molar-refractivity contribution in [2.24, 2.45) is 28.6 Å². The van der Waals surface area contributed by atoms with Gasteiger partial charge in [0.1, 0.15) is 5.60 Å². The van der Waals surface area contributed by atoms with Crippen molar-refractivity contribution in [3.8, 4) is 0 Å². The number of hydrogen-bond acceptors (Lipinski definition) is 8. The lowest BCUT2D eigenvalue weighted by Crippen LogP contribution is -2.69. The Kier molecular flexibility index (Phi) is 9.23. The van der Waals surface area contributed by atoms with Crippen LogP contribution in [0.1, 0.15) is 72.1 Å². The van der Waals surface area contributed by atoms with E-state index in [-0.39, 0.29) is 12.2 Å². The monoisotopic (exact) mass is 592 g/mol. The fraction of sp³-hybridized carbons (Fsp3) is 0.742. The third-order valence-electron chi connectivity index (χ3n) is 10.8. The molecule has 4 aliphatic rings. The summed E-state index contributed by atoms with van der Waals surface area (Å²) in [5, 5.41) is 28.4. The maximum Gasteiger partial charge on any atom is 0.407 e. The van der Waals surface area contributed by atoms with Crippen molar-refractivity contribution in [2.45, 2.75) is 89.5 Å². The molecule has 4 aliphatic carbocycles. The van der Waals surface area contributed by atoms with Crippen LogP contribution >= 0.6 is 0 Å². The number of Topliss-reactive ketones (excluding diaryl/α,β-unsaturated/α-hetero) is 1. The molecule has 10 nitrogen and oxygen atoms in total. The number of unbranched alkanes of at least 4 members (excludes halogenated alkanes) is 3. The summed E-state index contributed by atoms with van der Waals surface area (Å²) in [7, 11) is 1.49. The highest BCUT2D eigenvalue weighted by atomic mass is 19.1. The van der Waals surface area contributed by atoms with E-state index < -0.39 is 70.5 Å². The lowest BCUT2D eigenvalue weighted by molar-refractivity contribution is -0.219. The molecule has 3 fully saturated rings. The Hall–Kier alpha value is -2.79. The van der Waals surface area contributed by atoms with E-state index in [0.29, 0.717) is 50.8 Å². The van der Waals surface area contributed by atoms with Gasteiger partial charge in [0, 0.05) is 30.3 Å². The largest absolute Gasteiger partial charge is 0.450 e. The molecule has 11 heteroatoms. The number of aliphatic hydroxyl groups excluding tert-OH is 1. The first-order valence-electron chi connectivity index (χ1n) is 15.1. The smallest absolute Gasteiger partial charge is 0.407 e. The van der Waals surface area contributed by atoms with Crippen molar-refractivity contribution in [3.05, 3.63) is 23.8 Å². The molecule has 4 rings (SSSR count). The summed E-state index contributed by atoms with van der Waals surface area (Å²) in [4.78, 5) is 48.8. The molecule has 0 radical (unpaired) electrons. The number of alkyl halides is 1. The Morgan fingerprint density at radius 3 is 2.52 bits per heavy atom. The van der Waals surface area contributed by atoms with E-state index in [1.165, 1.54) is 19.2 Å². The zero-order valence-corrected chi connectivity index (χ0v) is 25.0. The quantitative estimate of drug-likeness (QED) is 0.281. The van der Waals surface area contributed by atoms with Crippen LogP contribution in [-0.2, 0) is 19.1 Å². The molecule has 0 aromatic carbocycles. The van der Waals surface area contributed by atoms with Crippen LogP contribution in [0.15, 0.2) is 23.8 Å². The average Bonchev–Trinajstić information content (AvgIpc) is 3.15. The first-order valence-corrected chi connectivity index (χ1v) is 15.1. The van der Waals surface area contributed by atoms with Gasteiger partial charge in [0.2, 0.25) is 5.78 Å². The molecule has 0 aromatic heterocycles. The molecule has 0 saturated heterocycles. The van der Waals surface area contributed by atoms with Crippen LogP contribution in [0.25, 0.3) is 0 Å². The van der Waals surface area contributed by atoms with Crippen LogP contribution in [0.4, 0.5) is 14.0 Å². The number of carbonyl (C=O) groups is 4. The van der Waals surface area contributed by atoms with Crippen LogP contribution in [0.3, 0.4) is 0 Å². The van der Waals surface area contributed by atoms with Crippen LogP contribution < -0.4 is 10.6 Å². The van der Waals surface area contributed by atoms with Gasteiger partial charge in [0.15, 0.2) is 18.1 Å². The number of halogens is 1. The molecule has 0 aromatic rings. The van der Waals surface area contributed by atoms with Gasteiger partial charge in [-0.2, -0.15) is 0 Å². The fourth-order valence-corrected chi connectivity index (χ4v) is 8.44. The summed E-state index contributed by atoms with van der Waals surface area (Å²) in [5.74, 6) is -2.41. The summed E-state index contributed by atoms with van der Waals surface area (Å²) in [6, 6.07) is 0. The predicted molar refractivity (Wildman–Crippen MR) is 151 cm³/mol. The number of ether oxygens (including phenoxy) is 2. The minimum absolute atomic E-state index is 0.137. The standard InChI is InChI=1S/C31H45FN2O8/c1-19-15-23-22-10-9-20-16-21(35)11-12-28(20,2)30(22,32)24(36)17-29(23,3)31(19,40)25(37)18-42-27(39)34-13-7-5-6-8-14-41-26(38)33-4/h11-12,16,19,22-24,36,40H,5-10,13-15,17-18H2,1-4H3,(H,33,38)(H,34,39)/t19-,22?,23?,24?,28?,29?,30+,31+/m1/s1. The minimum Gasteiger partial charge on any atom is -0.450 e. The van der Waals surface area contributed by atoms with Crippen molar-refractivity contribution in [1.29, 1.82) is 0 Å². The van der Waals surface area contributed by atoms with E-state index in [1.807, 2.05) is 0 Å². The molecule has 234 valence electrons. The van der Waals surface area contributed by atoms with Crippen LogP contribution in [0, 0.1) is 28.6 Å². The Bertz CT molecular complexity index is 1160. The second-order valence-electron chi connectivity index (χ2n) is 12.9. The molecule has 0 heterocycles. The first kappa shape index (κ1) is 32.1.